The van der Waals surface area contributed by atoms with Crippen molar-refractivity contribution < 1.29 is 0 Å². The largest absolute Gasteiger partial charge is 0.369 e. The first-order valence-electron chi connectivity index (χ1n) is 7.60. The summed E-state index contributed by atoms with van der Waals surface area (Å²) >= 11 is 0. The van der Waals surface area contributed by atoms with Crippen LogP contribution in [0.1, 0.15) is 18.9 Å². The van der Waals surface area contributed by atoms with Crippen LogP contribution in [0.15, 0.2) is 48.5 Å². The Hall–Kier alpha value is -2.62. The summed E-state index contributed by atoms with van der Waals surface area (Å²) in [5.41, 5.74) is 3.14. The topological polar surface area (TPSA) is 49.8 Å². The molecule has 0 aliphatic carbocycles. The minimum Gasteiger partial charge on any atom is -0.369 e. The van der Waals surface area contributed by atoms with E-state index >= 15 is 0 Å². The van der Waals surface area contributed by atoms with Crippen molar-refractivity contribution in [1.82, 2.24) is 9.97 Å². The summed E-state index contributed by atoms with van der Waals surface area (Å²) in [7, 11) is 0. The lowest BCUT2D eigenvalue weighted by Crippen LogP contribution is -2.06. The lowest BCUT2D eigenvalue weighted by molar-refractivity contribution is 0.970. The van der Waals surface area contributed by atoms with Crippen LogP contribution in [0.25, 0.3) is 10.9 Å². The summed E-state index contributed by atoms with van der Waals surface area (Å²) in [6, 6.07) is 16.3. The number of anilines is 3. The third-order valence-corrected chi connectivity index (χ3v) is 3.42. The zero-order valence-corrected chi connectivity index (χ0v) is 12.9. The molecule has 1 heterocycles. The van der Waals surface area contributed by atoms with E-state index in [4.69, 9.17) is 0 Å². The highest BCUT2D eigenvalue weighted by Crippen LogP contribution is 2.23. The van der Waals surface area contributed by atoms with Gasteiger partial charge in [-0.15, -0.1) is 0 Å². The monoisotopic (exact) mass is 292 g/mol. The van der Waals surface area contributed by atoms with Crippen LogP contribution in [0.3, 0.4) is 0 Å². The van der Waals surface area contributed by atoms with E-state index in [9.17, 15) is 0 Å². The molecule has 4 heteroatoms. The van der Waals surface area contributed by atoms with E-state index in [0.717, 1.165) is 35.4 Å². The van der Waals surface area contributed by atoms with Gasteiger partial charge in [-0.2, -0.15) is 4.98 Å². The second kappa shape index (κ2) is 6.43. The minimum absolute atomic E-state index is 0.614. The van der Waals surface area contributed by atoms with Gasteiger partial charge in [0.15, 0.2) is 0 Å². The van der Waals surface area contributed by atoms with E-state index in [1.807, 2.05) is 36.4 Å². The summed E-state index contributed by atoms with van der Waals surface area (Å²) in [4.78, 5) is 9.24. The van der Waals surface area contributed by atoms with Crippen molar-refractivity contribution in [3.05, 3.63) is 54.1 Å². The van der Waals surface area contributed by atoms with E-state index < -0.39 is 0 Å². The summed E-state index contributed by atoms with van der Waals surface area (Å²) < 4.78 is 0. The van der Waals surface area contributed by atoms with Crippen molar-refractivity contribution in [3.8, 4) is 0 Å². The Morgan fingerprint density at radius 2 is 1.86 bits per heavy atom. The van der Waals surface area contributed by atoms with Crippen molar-refractivity contribution in [1.29, 1.82) is 0 Å². The lowest BCUT2D eigenvalue weighted by Gasteiger charge is -2.11. The van der Waals surface area contributed by atoms with Crippen LogP contribution < -0.4 is 10.6 Å². The molecule has 2 aromatic carbocycles. The Morgan fingerprint density at radius 3 is 2.68 bits per heavy atom. The highest BCUT2D eigenvalue weighted by Gasteiger charge is 2.07. The molecule has 0 spiro atoms. The molecule has 3 aromatic rings. The first kappa shape index (κ1) is 14.3. The number of fused-ring (bicyclic) bond motifs is 1. The van der Waals surface area contributed by atoms with Gasteiger partial charge in [0.25, 0.3) is 0 Å². The van der Waals surface area contributed by atoms with Gasteiger partial charge < -0.3 is 10.6 Å². The van der Waals surface area contributed by atoms with Crippen LogP contribution in [-0.4, -0.2) is 16.5 Å². The van der Waals surface area contributed by atoms with Gasteiger partial charge in [-0.05, 0) is 43.2 Å². The molecule has 1 aromatic heterocycles. The Kier molecular flexibility index (Phi) is 4.19. The molecular weight excluding hydrogens is 272 g/mol. The zero-order chi connectivity index (χ0) is 15.4. The number of benzene rings is 2. The molecule has 0 amide bonds. The number of aryl methyl sites for hydroxylation is 1. The van der Waals surface area contributed by atoms with Crippen LogP contribution in [0.2, 0.25) is 0 Å². The Balaban J connectivity index is 1.98. The van der Waals surface area contributed by atoms with Gasteiger partial charge in [-0.25, -0.2) is 4.98 Å². The van der Waals surface area contributed by atoms with Crippen LogP contribution in [0.4, 0.5) is 17.5 Å². The number of rotatable bonds is 5. The molecule has 112 valence electrons. The minimum atomic E-state index is 0.614. The fourth-order valence-corrected chi connectivity index (χ4v) is 2.36. The molecule has 0 saturated carbocycles. The van der Waals surface area contributed by atoms with Crippen molar-refractivity contribution in [2.75, 3.05) is 17.2 Å². The fourth-order valence-electron chi connectivity index (χ4n) is 2.36. The van der Waals surface area contributed by atoms with Gasteiger partial charge in [0.05, 0.1) is 5.52 Å². The molecule has 0 radical (unpaired) electrons. The average molecular weight is 292 g/mol. The first-order chi connectivity index (χ1) is 10.8. The second-order valence-electron chi connectivity index (χ2n) is 5.33. The lowest BCUT2D eigenvalue weighted by atomic mass is 10.2. The third kappa shape index (κ3) is 3.17. The number of aromatic nitrogens is 2. The molecule has 0 aliphatic heterocycles. The Morgan fingerprint density at radius 1 is 1.00 bits per heavy atom. The summed E-state index contributed by atoms with van der Waals surface area (Å²) in [5.74, 6) is 1.49. The molecular formula is C18H20N4. The molecule has 22 heavy (non-hydrogen) atoms. The quantitative estimate of drug-likeness (QED) is 0.726. The number of hydrogen-bond acceptors (Lipinski definition) is 4. The fraction of sp³-hybridized carbons (Fsp3) is 0.222. The maximum Gasteiger partial charge on any atom is 0.229 e. The molecule has 0 bridgehead atoms. The van der Waals surface area contributed by atoms with Gasteiger partial charge in [-0.3, -0.25) is 0 Å². The van der Waals surface area contributed by atoms with Gasteiger partial charge in [0, 0.05) is 17.6 Å². The molecule has 0 unspecified atom stereocenters. The van der Waals surface area contributed by atoms with Gasteiger partial charge in [-0.1, -0.05) is 31.2 Å². The maximum absolute atomic E-state index is 4.63. The number of para-hydroxylation sites is 1. The van der Waals surface area contributed by atoms with Crippen LogP contribution in [0, 0.1) is 6.92 Å². The summed E-state index contributed by atoms with van der Waals surface area (Å²) in [6.45, 7) is 5.11. The average Bonchev–Trinajstić information content (AvgIpc) is 2.52. The molecule has 3 rings (SSSR count). The van der Waals surface area contributed by atoms with Gasteiger partial charge in [0.2, 0.25) is 5.95 Å². The van der Waals surface area contributed by atoms with Crippen LogP contribution in [0.5, 0.6) is 0 Å². The number of nitrogens with one attached hydrogen (secondary N) is 2. The van der Waals surface area contributed by atoms with Crippen molar-refractivity contribution >= 4 is 28.4 Å². The first-order valence-corrected chi connectivity index (χ1v) is 7.60. The van der Waals surface area contributed by atoms with Crippen molar-refractivity contribution in [2.24, 2.45) is 0 Å². The molecule has 2 N–H and O–H groups in total. The predicted octanol–water partition coefficient (Wildman–Crippen LogP) is 4.50. The summed E-state index contributed by atoms with van der Waals surface area (Å²) in [6.07, 6.45) is 1.05. The van der Waals surface area contributed by atoms with Gasteiger partial charge in [0.1, 0.15) is 5.82 Å². The van der Waals surface area contributed by atoms with E-state index in [1.165, 1.54) is 5.56 Å². The van der Waals surface area contributed by atoms with Crippen molar-refractivity contribution in [2.45, 2.75) is 20.3 Å². The predicted molar refractivity (Wildman–Crippen MR) is 92.8 cm³/mol. The van der Waals surface area contributed by atoms with Crippen LogP contribution >= 0.6 is 0 Å². The van der Waals surface area contributed by atoms with E-state index in [0.29, 0.717) is 5.95 Å². The van der Waals surface area contributed by atoms with E-state index in [2.05, 4.69) is 46.6 Å². The molecule has 0 aliphatic rings. The molecule has 0 saturated heterocycles. The normalized spacial score (nSPS) is 10.6. The number of nitrogens with zero attached hydrogens (tertiary/aromatic N) is 2. The van der Waals surface area contributed by atoms with Crippen LogP contribution in [-0.2, 0) is 0 Å². The third-order valence-electron chi connectivity index (χ3n) is 3.42. The zero-order valence-electron chi connectivity index (χ0n) is 12.9. The maximum atomic E-state index is 4.63. The van der Waals surface area contributed by atoms with Crippen molar-refractivity contribution in [3.63, 3.8) is 0 Å². The highest BCUT2D eigenvalue weighted by atomic mass is 15.1. The molecule has 4 nitrogen and oxygen atoms in total. The Bertz CT molecular complexity index is 783. The smallest absolute Gasteiger partial charge is 0.229 e. The number of hydrogen-bond donors (Lipinski definition) is 2. The summed E-state index contributed by atoms with van der Waals surface area (Å²) in [5, 5.41) is 7.72. The standard InChI is InChI=1S/C18H20N4/c1-3-11-19-17-15-9-4-5-10-16(15)21-18(22-17)20-14-8-6-7-13(2)12-14/h4-10,12H,3,11H2,1-2H3,(H2,19,20,21,22). The molecule has 0 atom stereocenters. The van der Waals surface area contributed by atoms with E-state index in [1.54, 1.807) is 0 Å². The molecule has 0 fully saturated rings. The van der Waals surface area contributed by atoms with Gasteiger partial charge >= 0.3 is 0 Å². The SMILES string of the molecule is CCCNc1nc(Nc2cccc(C)c2)nc2ccccc12. The van der Waals surface area contributed by atoms with E-state index in [-0.39, 0.29) is 0 Å². The highest BCUT2D eigenvalue weighted by molar-refractivity contribution is 5.90. The Labute approximate surface area is 130 Å². The second-order valence-corrected chi connectivity index (χ2v) is 5.33.